The summed E-state index contributed by atoms with van der Waals surface area (Å²) in [6, 6.07) is 11.0. The Kier molecular flexibility index (Phi) is 5.70. The number of nitrogens with two attached hydrogens (primary N) is 1. The summed E-state index contributed by atoms with van der Waals surface area (Å²) in [4.78, 5) is 17.3. The molecular formula is C22H21F4N3O3. The van der Waals surface area contributed by atoms with E-state index in [2.05, 4.69) is 15.0 Å². The van der Waals surface area contributed by atoms with Crippen molar-refractivity contribution in [3.63, 3.8) is 0 Å². The summed E-state index contributed by atoms with van der Waals surface area (Å²) in [5.74, 6) is -0.383. The van der Waals surface area contributed by atoms with Gasteiger partial charge in [-0.15, -0.1) is 0 Å². The number of rotatable bonds is 7. The number of halogens is 4. The molecule has 0 aromatic heterocycles. The highest BCUT2D eigenvalue weighted by Gasteiger charge is 2.56. The van der Waals surface area contributed by atoms with Gasteiger partial charge in [-0.1, -0.05) is 18.2 Å². The number of hydrogen-bond acceptors (Lipinski definition) is 5. The fourth-order valence-corrected chi connectivity index (χ4v) is 4.36. The summed E-state index contributed by atoms with van der Waals surface area (Å²) in [6.45, 7) is -4.49. The molecule has 1 amide bonds. The maximum atomic E-state index is 13.4. The average Bonchev–Trinajstić information content (AvgIpc) is 3.01. The van der Waals surface area contributed by atoms with Crippen LogP contribution in [0.3, 0.4) is 0 Å². The molecule has 0 radical (unpaired) electrons. The van der Waals surface area contributed by atoms with E-state index in [9.17, 15) is 22.4 Å². The molecule has 10 heteroatoms. The molecule has 1 spiro atoms. The van der Waals surface area contributed by atoms with Gasteiger partial charge in [0.1, 0.15) is 17.1 Å². The van der Waals surface area contributed by atoms with Crippen LogP contribution in [0.15, 0.2) is 47.5 Å². The quantitative estimate of drug-likeness (QED) is 0.627. The highest BCUT2D eigenvalue weighted by atomic mass is 19.3. The van der Waals surface area contributed by atoms with Crippen molar-refractivity contribution in [2.75, 3.05) is 13.3 Å². The van der Waals surface area contributed by atoms with Gasteiger partial charge in [-0.25, -0.2) is 4.99 Å². The molecule has 0 aliphatic carbocycles. The molecule has 32 heavy (non-hydrogen) atoms. The average molecular weight is 451 g/mol. The van der Waals surface area contributed by atoms with Crippen LogP contribution in [0.1, 0.15) is 24.8 Å². The van der Waals surface area contributed by atoms with Gasteiger partial charge in [0.25, 0.3) is 5.91 Å². The molecule has 0 saturated carbocycles. The Balaban J connectivity index is 1.83. The number of fused-ring (bicyclic) bond motifs is 2. The van der Waals surface area contributed by atoms with Crippen molar-refractivity contribution in [3.8, 4) is 22.6 Å². The van der Waals surface area contributed by atoms with Crippen molar-refractivity contribution in [1.82, 2.24) is 5.32 Å². The summed E-state index contributed by atoms with van der Waals surface area (Å²) >= 11 is 0. The van der Waals surface area contributed by atoms with E-state index >= 15 is 0 Å². The van der Waals surface area contributed by atoms with E-state index in [1.807, 2.05) is 0 Å². The zero-order valence-corrected chi connectivity index (χ0v) is 16.9. The van der Waals surface area contributed by atoms with Gasteiger partial charge in [-0.3, -0.25) is 18.9 Å². The Morgan fingerprint density at radius 1 is 1.12 bits per heavy atom. The second kappa shape index (κ2) is 8.33. The second-order valence-electron chi connectivity index (χ2n) is 7.77. The van der Waals surface area contributed by atoms with Crippen LogP contribution in [0.2, 0.25) is 0 Å². The fourth-order valence-electron chi connectivity index (χ4n) is 4.36. The van der Waals surface area contributed by atoms with E-state index in [4.69, 9.17) is 10.5 Å². The van der Waals surface area contributed by atoms with Gasteiger partial charge in [0, 0.05) is 24.8 Å². The summed E-state index contributed by atoms with van der Waals surface area (Å²) in [5, 5.41) is 2.47. The predicted molar refractivity (Wildman–Crippen MR) is 109 cm³/mol. The smallest absolute Gasteiger partial charge is 0.387 e. The predicted octanol–water partition coefficient (Wildman–Crippen LogP) is 3.84. The van der Waals surface area contributed by atoms with Gasteiger partial charge < -0.3 is 15.2 Å². The summed E-state index contributed by atoms with van der Waals surface area (Å²) in [7, 11) is 0. The third-order valence-corrected chi connectivity index (χ3v) is 5.75. The van der Waals surface area contributed by atoms with E-state index in [1.54, 1.807) is 30.3 Å². The molecule has 2 aromatic rings. The van der Waals surface area contributed by atoms with Crippen molar-refractivity contribution in [2.45, 2.75) is 37.0 Å². The van der Waals surface area contributed by atoms with Crippen LogP contribution in [0.4, 0.5) is 17.6 Å². The Bertz CT molecular complexity index is 1060. The summed E-state index contributed by atoms with van der Waals surface area (Å²) < 4.78 is 62.4. The number of aliphatic imine (C=N–C) groups is 1. The first-order valence-electron chi connectivity index (χ1n) is 9.98. The van der Waals surface area contributed by atoms with Crippen LogP contribution in [0.25, 0.3) is 11.1 Å². The molecule has 6 nitrogen and oxygen atoms in total. The third-order valence-electron chi connectivity index (χ3n) is 5.75. The number of alkyl halides is 4. The number of carbonyl (C=O) groups is 1. The lowest BCUT2D eigenvalue weighted by Crippen LogP contribution is -2.52. The van der Waals surface area contributed by atoms with E-state index in [-0.39, 0.29) is 36.7 Å². The number of benzene rings is 2. The van der Waals surface area contributed by atoms with Crippen molar-refractivity contribution in [1.29, 1.82) is 0 Å². The van der Waals surface area contributed by atoms with Crippen molar-refractivity contribution in [3.05, 3.63) is 48.0 Å². The lowest BCUT2D eigenvalue weighted by molar-refractivity contribution is -0.128. The maximum absolute atomic E-state index is 13.4. The van der Waals surface area contributed by atoms with Crippen molar-refractivity contribution >= 4 is 11.9 Å². The van der Waals surface area contributed by atoms with E-state index in [0.29, 0.717) is 16.7 Å². The number of nitrogens with zero attached hydrogens (tertiary/aromatic N) is 1. The Hall–Kier alpha value is -3.30. The zero-order valence-electron chi connectivity index (χ0n) is 16.9. The molecule has 2 aliphatic rings. The van der Waals surface area contributed by atoms with Gasteiger partial charge in [0.15, 0.2) is 11.5 Å². The van der Waals surface area contributed by atoms with E-state index < -0.39 is 37.0 Å². The molecule has 170 valence electrons. The van der Waals surface area contributed by atoms with Gasteiger partial charge in [-0.2, -0.15) is 8.78 Å². The van der Waals surface area contributed by atoms with Crippen molar-refractivity contribution in [2.24, 2.45) is 10.7 Å². The molecular weight excluding hydrogens is 430 g/mol. The Labute approximate surface area is 181 Å². The first-order valence-corrected chi connectivity index (χ1v) is 9.98. The zero-order chi connectivity index (χ0) is 22.9. The third kappa shape index (κ3) is 3.85. The van der Waals surface area contributed by atoms with Gasteiger partial charge in [0.2, 0.25) is 0 Å². The molecule has 4 rings (SSSR count). The number of hydrogen-bond donors (Lipinski definition) is 2. The largest absolute Gasteiger partial charge is 0.487 e. The molecule has 2 heterocycles. The van der Waals surface area contributed by atoms with E-state index in [0.717, 1.165) is 0 Å². The van der Waals surface area contributed by atoms with Gasteiger partial charge in [-0.05, 0) is 35.4 Å². The number of ether oxygens (including phenoxy) is 2. The topological polar surface area (TPSA) is 85.9 Å². The van der Waals surface area contributed by atoms with Gasteiger partial charge in [0.05, 0.1) is 13.3 Å². The van der Waals surface area contributed by atoms with Gasteiger partial charge >= 0.3 is 6.61 Å². The molecule has 0 bridgehead atoms. The minimum Gasteiger partial charge on any atom is -0.487 e. The van der Waals surface area contributed by atoms with Crippen LogP contribution in [-0.2, 0) is 10.3 Å². The summed E-state index contributed by atoms with van der Waals surface area (Å²) in [6.07, 6.45) is -0.323. The number of guanidine groups is 1. The number of nitrogens with one attached hydrogen (secondary N) is 1. The van der Waals surface area contributed by atoms with Crippen LogP contribution >= 0.6 is 0 Å². The fraction of sp³-hybridized carbons (Fsp3) is 0.364. The highest BCUT2D eigenvalue weighted by Crippen LogP contribution is 2.51. The highest BCUT2D eigenvalue weighted by molar-refractivity contribution is 6.07. The first kappa shape index (κ1) is 21.9. The minimum absolute atomic E-state index is 0.0213. The molecule has 0 fully saturated rings. The SMILES string of the molecule is NC1=NC2(CC(CCF)(CCF)Oc3ccc(-c4cccc(OC(F)F)c4)cc32)C(=O)N1. The standard InChI is InChI=1S/C22H21F4N3O3/c23-8-6-21(7-9-24)12-22(18(30)28-20(27)29-22)16-11-14(4-5-17(16)32-21)13-2-1-3-15(10-13)31-19(25)26/h1-5,10-11,19H,6-9,12H2,(H3,27,28,29,30). The molecule has 1 unspecified atom stereocenters. The Morgan fingerprint density at radius 3 is 2.47 bits per heavy atom. The molecule has 3 N–H and O–H groups in total. The van der Waals surface area contributed by atoms with Crippen LogP contribution in [0, 0.1) is 0 Å². The van der Waals surface area contributed by atoms with Crippen LogP contribution < -0.4 is 20.5 Å². The molecule has 2 aliphatic heterocycles. The minimum atomic E-state index is -2.97. The first-order chi connectivity index (χ1) is 15.3. The van der Waals surface area contributed by atoms with Crippen LogP contribution in [-0.4, -0.2) is 37.4 Å². The molecule has 1 atom stereocenters. The lowest BCUT2D eigenvalue weighted by Gasteiger charge is -2.44. The maximum Gasteiger partial charge on any atom is 0.387 e. The number of amides is 1. The van der Waals surface area contributed by atoms with Crippen LogP contribution in [0.5, 0.6) is 11.5 Å². The normalized spacial score (nSPS) is 21.2. The molecule has 2 aromatic carbocycles. The number of carbonyl (C=O) groups excluding carboxylic acids is 1. The second-order valence-corrected chi connectivity index (χ2v) is 7.77. The summed E-state index contributed by atoms with van der Waals surface area (Å²) in [5.41, 5.74) is 4.51. The van der Waals surface area contributed by atoms with E-state index in [1.165, 1.54) is 12.1 Å². The monoisotopic (exact) mass is 451 g/mol. The molecule has 0 saturated heterocycles. The van der Waals surface area contributed by atoms with Crippen molar-refractivity contribution < 1.29 is 31.8 Å². The Morgan fingerprint density at radius 2 is 1.84 bits per heavy atom. The lowest BCUT2D eigenvalue weighted by atomic mass is 9.73.